The van der Waals surface area contributed by atoms with E-state index in [1.54, 1.807) is 0 Å². The molecule has 108 valence electrons. The van der Waals surface area contributed by atoms with Crippen LogP contribution in [0.25, 0.3) is 11.0 Å². The number of nitrogens with zero attached hydrogens (tertiary/aromatic N) is 1. The molecule has 21 heavy (non-hydrogen) atoms. The van der Waals surface area contributed by atoms with E-state index < -0.39 is 0 Å². The molecule has 0 radical (unpaired) electrons. The third-order valence-electron chi connectivity index (χ3n) is 3.17. The largest absolute Gasteiger partial charge is 0.488 e. The molecule has 3 aromatic rings. The fraction of sp³-hybridized carbons (Fsp3) is 0.188. The van der Waals surface area contributed by atoms with Gasteiger partial charge in [0.2, 0.25) is 0 Å². The number of benzene rings is 2. The average Bonchev–Trinajstić information content (AvgIpc) is 2.91. The fourth-order valence-corrected chi connectivity index (χ4v) is 2.65. The molecule has 0 spiro atoms. The van der Waals surface area contributed by atoms with Crippen LogP contribution in [0.3, 0.4) is 0 Å². The van der Waals surface area contributed by atoms with Crippen molar-refractivity contribution in [1.29, 1.82) is 0 Å². The van der Waals surface area contributed by atoms with E-state index in [0.717, 1.165) is 44.7 Å². The topological polar surface area (TPSA) is 35.3 Å². The highest BCUT2D eigenvalue weighted by atomic mass is 79.9. The lowest BCUT2D eigenvalue weighted by atomic mass is 10.1. The van der Waals surface area contributed by atoms with Gasteiger partial charge in [0.1, 0.15) is 12.4 Å². The molecule has 0 amide bonds. The van der Waals surface area contributed by atoms with Crippen LogP contribution in [0.5, 0.6) is 5.75 Å². The molecule has 5 heteroatoms. The van der Waals surface area contributed by atoms with E-state index in [4.69, 9.17) is 20.9 Å². The van der Waals surface area contributed by atoms with E-state index in [1.165, 1.54) is 0 Å². The fourth-order valence-electron chi connectivity index (χ4n) is 2.14. The van der Waals surface area contributed by atoms with Gasteiger partial charge in [0.25, 0.3) is 0 Å². The van der Waals surface area contributed by atoms with E-state index in [0.29, 0.717) is 6.61 Å². The zero-order valence-corrected chi connectivity index (χ0v) is 13.5. The van der Waals surface area contributed by atoms with Crippen LogP contribution >= 0.6 is 27.5 Å². The van der Waals surface area contributed by atoms with Gasteiger partial charge in [-0.2, -0.15) is 0 Å². The minimum absolute atomic E-state index is 0.481. The van der Waals surface area contributed by atoms with Gasteiger partial charge >= 0.3 is 0 Å². The number of hydrogen-bond acceptors (Lipinski definition) is 3. The van der Waals surface area contributed by atoms with Crippen LogP contribution in [0.4, 0.5) is 0 Å². The van der Waals surface area contributed by atoms with E-state index in [2.05, 4.69) is 21.1 Å². The van der Waals surface area contributed by atoms with Crippen LogP contribution in [-0.4, -0.2) is 10.5 Å². The van der Waals surface area contributed by atoms with Gasteiger partial charge in [0.15, 0.2) is 5.58 Å². The second-order valence-electron chi connectivity index (χ2n) is 4.61. The van der Waals surface area contributed by atoms with Crippen molar-refractivity contribution in [2.45, 2.75) is 13.0 Å². The predicted octanol–water partition coefficient (Wildman–Crippen LogP) is 5.00. The smallest absolute Gasteiger partial charge is 0.170 e. The van der Waals surface area contributed by atoms with Gasteiger partial charge < -0.3 is 9.26 Å². The Morgan fingerprint density at radius 2 is 1.95 bits per heavy atom. The Hall–Kier alpha value is -1.52. The summed E-state index contributed by atoms with van der Waals surface area (Å²) in [6.45, 7) is 0.481. The van der Waals surface area contributed by atoms with Crippen molar-refractivity contribution in [2.24, 2.45) is 0 Å². The minimum atomic E-state index is 0.481. The Morgan fingerprint density at radius 3 is 2.71 bits per heavy atom. The maximum Gasteiger partial charge on any atom is 0.170 e. The van der Waals surface area contributed by atoms with E-state index in [-0.39, 0.29) is 0 Å². The first kappa shape index (κ1) is 14.4. The molecule has 0 atom stereocenters. The molecule has 0 aliphatic heterocycles. The summed E-state index contributed by atoms with van der Waals surface area (Å²) in [5.41, 5.74) is 2.73. The zero-order chi connectivity index (χ0) is 14.7. The summed E-state index contributed by atoms with van der Waals surface area (Å²) in [7, 11) is 0. The van der Waals surface area contributed by atoms with E-state index in [9.17, 15) is 0 Å². The monoisotopic (exact) mass is 365 g/mol. The highest BCUT2D eigenvalue weighted by molar-refractivity contribution is 9.09. The van der Waals surface area contributed by atoms with Crippen LogP contribution in [0, 0.1) is 0 Å². The molecule has 0 aliphatic carbocycles. The van der Waals surface area contributed by atoms with Gasteiger partial charge in [0.05, 0.1) is 11.1 Å². The highest BCUT2D eigenvalue weighted by Crippen LogP contribution is 2.30. The number of aromatic nitrogens is 1. The van der Waals surface area contributed by atoms with Gasteiger partial charge in [-0.25, -0.2) is 0 Å². The number of hydrogen-bond donors (Lipinski definition) is 0. The molecule has 1 heterocycles. The van der Waals surface area contributed by atoms with E-state index >= 15 is 0 Å². The van der Waals surface area contributed by atoms with Crippen molar-refractivity contribution in [1.82, 2.24) is 5.16 Å². The average molecular weight is 367 g/mol. The summed E-state index contributed by atoms with van der Waals surface area (Å²) in [4.78, 5) is 0. The third kappa shape index (κ3) is 3.22. The third-order valence-corrected chi connectivity index (χ3v) is 3.82. The molecule has 0 saturated carbocycles. The Kier molecular flexibility index (Phi) is 4.46. The van der Waals surface area contributed by atoms with Gasteiger partial charge in [-0.1, -0.05) is 50.9 Å². The molecule has 0 fully saturated rings. The van der Waals surface area contributed by atoms with Crippen molar-refractivity contribution >= 4 is 38.5 Å². The zero-order valence-electron chi connectivity index (χ0n) is 11.2. The molecule has 0 aliphatic rings. The van der Waals surface area contributed by atoms with Gasteiger partial charge in [-0.15, -0.1) is 0 Å². The molecule has 3 rings (SSSR count). The van der Waals surface area contributed by atoms with Crippen LogP contribution in [-0.2, 0) is 13.0 Å². The van der Waals surface area contributed by atoms with Gasteiger partial charge in [-0.05, 0) is 29.8 Å². The van der Waals surface area contributed by atoms with Crippen molar-refractivity contribution in [2.75, 3.05) is 5.33 Å². The Labute approximate surface area is 136 Å². The predicted molar refractivity (Wildman–Crippen MR) is 87.3 cm³/mol. The van der Waals surface area contributed by atoms with Gasteiger partial charge in [-0.3, -0.25) is 0 Å². The summed E-state index contributed by atoms with van der Waals surface area (Å²) >= 11 is 9.31. The number of rotatable bonds is 5. The lowest BCUT2D eigenvalue weighted by Gasteiger charge is -2.08. The number of aryl methyl sites for hydroxylation is 1. The van der Waals surface area contributed by atoms with Crippen molar-refractivity contribution < 1.29 is 9.26 Å². The minimum Gasteiger partial charge on any atom is -0.488 e. The number of halogens is 2. The van der Waals surface area contributed by atoms with Crippen LogP contribution in [0.2, 0.25) is 5.02 Å². The first-order valence-electron chi connectivity index (χ1n) is 6.58. The first-order valence-corrected chi connectivity index (χ1v) is 8.08. The summed E-state index contributed by atoms with van der Waals surface area (Å²) in [5.74, 6) is 0.791. The molecule has 0 unspecified atom stereocenters. The van der Waals surface area contributed by atoms with Gasteiger partial charge in [0, 0.05) is 16.8 Å². The molecule has 2 aromatic carbocycles. The number of fused-ring (bicyclic) bond motifs is 1. The number of ether oxygens (including phenoxy) is 1. The molecular weight excluding hydrogens is 354 g/mol. The second-order valence-corrected chi connectivity index (χ2v) is 5.84. The molecule has 1 aromatic heterocycles. The Balaban J connectivity index is 1.86. The highest BCUT2D eigenvalue weighted by Gasteiger charge is 2.13. The normalized spacial score (nSPS) is 11.0. The lowest BCUT2D eigenvalue weighted by molar-refractivity contribution is 0.310. The van der Waals surface area contributed by atoms with Crippen molar-refractivity contribution in [3.05, 3.63) is 58.7 Å². The molecular formula is C16H13BrClNO2. The second kappa shape index (κ2) is 6.50. The molecule has 0 saturated heterocycles. The Morgan fingerprint density at radius 1 is 1.14 bits per heavy atom. The van der Waals surface area contributed by atoms with E-state index in [1.807, 2.05) is 42.5 Å². The molecule has 0 N–H and O–H groups in total. The van der Waals surface area contributed by atoms with Crippen LogP contribution in [0.1, 0.15) is 11.3 Å². The SMILES string of the molecule is Clc1ccc(COc2cccc3onc(CCBr)c23)cc1. The summed E-state index contributed by atoms with van der Waals surface area (Å²) < 4.78 is 11.3. The molecule has 3 nitrogen and oxygen atoms in total. The van der Waals surface area contributed by atoms with Crippen LogP contribution in [0.15, 0.2) is 47.0 Å². The van der Waals surface area contributed by atoms with Crippen LogP contribution < -0.4 is 4.74 Å². The standard InChI is InChI=1S/C16H13BrClNO2/c17-9-8-13-16-14(2-1-3-15(16)21-19-13)20-10-11-4-6-12(18)7-5-11/h1-7H,8-10H2. The van der Waals surface area contributed by atoms with Crippen molar-refractivity contribution in [3.8, 4) is 5.75 Å². The number of alkyl halides is 1. The Bertz CT molecular complexity index is 740. The summed E-state index contributed by atoms with van der Waals surface area (Å²) in [6, 6.07) is 13.4. The lowest BCUT2D eigenvalue weighted by Crippen LogP contribution is -1.96. The maximum atomic E-state index is 5.93. The quantitative estimate of drug-likeness (QED) is 0.596. The van der Waals surface area contributed by atoms with Crippen molar-refractivity contribution in [3.63, 3.8) is 0 Å². The molecule has 0 bridgehead atoms. The first-order chi connectivity index (χ1) is 10.3. The summed E-state index contributed by atoms with van der Waals surface area (Å²) in [5, 5.41) is 6.62. The maximum absolute atomic E-state index is 5.93. The summed E-state index contributed by atoms with van der Waals surface area (Å²) in [6.07, 6.45) is 0.800.